The molecule has 1 aliphatic heterocycles. The van der Waals surface area contributed by atoms with Gasteiger partial charge in [-0.3, -0.25) is 0 Å². The van der Waals surface area contributed by atoms with Gasteiger partial charge < -0.3 is 9.64 Å². The number of hydrogen-bond acceptors (Lipinski definition) is 2. The number of nitrogens with zero attached hydrogens (tertiary/aromatic N) is 1. The van der Waals surface area contributed by atoms with E-state index in [1.54, 1.807) is 0 Å². The summed E-state index contributed by atoms with van der Waals surface area (Å²) >= 11 is 0. The van der Waals surface area contributed by atoms with Crippen LogP contribution in [0.3, 0.4) is 0 Å². The molecule has 4 aliphatic rings. The maximum absolute atomic E-state index is 7.34. The fraction of sp³-hybridized carbons (Fsp3) is 0.0588. The highest BCUT2D eigenvalue weighted by Crippen LogP contribution is 2.64. The van der Waals surface area contributed by atoms with Crippen LogP contribution in [0.1, 0.15) is 47.2 Å². The number of anilines is 3. The molecule has 0 bridgehead atoms. The first-order valence-corrected chi connectivity index (χ1v) is 24.5. The van der Waals surface area contributed by atoms with E-state index in [0.29, 0.717) is 0 Å². The molecule has 0 fully saturated rings. The molecule has 0 radical (unpaired) electrons. The van der Waals surface area contributed by atoms with Crippen molar-refractivity contribution in [1.82, 2.24) is 0 Å². The van der Waals surface area contributed by atoms with Gasteiger partial charge in [-0.05, 0) is 143 Å². The van der Waals surface area contributed by atoms with Crippen LogP contribution in [0.25, 0.3) is 77.5 Å². The summed E-state index contributed by atoms with van der Waals surface area (Å²) in [5.41, 5.74) is 25.0. The molecule has 1 spiro atoms. The smallest absolute Gasteiger partial charge is 0.137 e. The molecular weight excluding hydrogens is 847 g/mol. The van der Waals surface area contributed by atoms with Gasteiger partial charge in [-0.25, -0.2) is 0 Å². The first kappa shape index (κ1) is 39.3. The van der Waals surface area contributed by atoms with Crippen LogP contribution in [0.2, 0.25) is 0 Å². The van der Waals surface area contributed by atoms with Crippen molar-refractivity contribution >= 4 is 27.8 Å². The van der Waals surface area contributed by atoms with Crippen LogP contribution in [-0.4, -0.2) is 0 Å². The summed E-state index contributed by atoms with van der Waals surface area (Å²) in [5.74, 6) is 1.67. The second kappa shape index (κ2) is 14.4. The van der Waals surface area contributed by atoms with Gasteiger partial charge in [0, 0.05) is 33.5 Å². The minimum absolute atomic E-state index is 0.206. The Labute approximate surface area is 408 Å². The number of rotatable bonds is 4. The Morgan fingerprint density at radius 1 is 0.314 bits per heavy atom. The lowest BCUT2D eigenvalue weighted by Crippen LogP contribution is -2.26. The summed E-state index contributed by atoms with van der Waals surface area (Å²) < 4.78 is 7.34. The van der Waals surface area contributed by atoms with E-state index in [9.17, 15) is 0 Å². The van der Waals surface area contributed by atoms with Crippen LogP contribution in [0.4, 0.5) is 17.1 Å². The lowest BCUT2D eigenvalue weighted by molar-refractivity contribution is 0.488. The van der Waals surface area contributed by atoms with E-state index in [-0.39, 0.29) is 5.41 Å². The molecule has 2 heteroatoms. The average molecular weight is 892 g/mol. The van der Waals surface area contributed by atoms with Crippen molar-refractivity contribution in [2.45, 2.75) is 24.7 Å². The number of hydrogen-bond donors (Lipinski definition) is 0. The van der Waals surface area contributed by atoms with Gasteiger partial charge in [0.2, 0.25) is 0 Å². The first-order chi connectivity index (χ1) is 34.5. The van der Waals surface area contributed by atoms with E-state index in [4.69, 9.17) is 4.74 Å². The maximum atomic E-state index is 7.34. The van der Waals surface area contributed by atoms with Crippen molar-refractivity contribution in [3.05, 3.63) is 270 Å². The fourth-order valence-electron chi connectivity index (χ4n) is 13.1. The highest BCUT2D eigenvalue weighted by Gasteiger charge is 2.52. The predicted octanol–water partition coefficient (Wildman–Crippen LogP) is 18.1. The SMILES string of the molecule is CC1(C)c2ccccc2-c2ccc(N(c3ccc4c(c3)C3(c5ccccc5-c5ccccc53)c3ccccc3-4)c3cccc4c3-c3c(-c5ccccc5)cccc3-c3cc5ccccc5cc3O4)cc21. The Balaban J connectivity index is 1.05. The van der Waals surface area contributed by atoms with Gasteiger partial charge in [-0.2, -0.15) is 0 Å². The minimum atomic E-state index is -0.504. The van der Waals surface area contributed by atoms with Crippen LogP contribution in [0.5, 0.6) is 11.5 Å². The third-order valence-corrected chi connectivity index (χ3v) is 16.1. The van der Waals surface area contributed by atoms with E-state index in [1.807, 2.05) is 0 Å². The second-order valence-electron chi connectivity index (χ2n) is 19.9. The van der Waals surface area contributed by atoms with Gasteiger partial charge in [-0.1, -0.05) is 202 Å². The third kappa shape index (κ3) is 5.23. The fourth-order valence-corrected chi connectivity index (χ4v) is 13.1. The van der Waals surface area contributed by atoms with E-state index in [2.05, 4.69) is 255 Å². The highest BCUT2D eigenvalue weighted by atomic mass is 16.5. The van der Waals surface area contributed by atoms with E-state index in [1.165, 1.54) is 72.1 Å². The zero-order valence-corrected chi connectivity index (χ0v) is 38.9. The number of ether oxygens (including phenoxy) is 1. The van der Waals surface area contributed by atoms with Gasteiger partial charge >= 0.3 is 0 Å². The molecule has 11 aromatic carbocycles. The van der Waals surface area contributed by atoms with Gasteiger partial charge in [-0.15, -0.1) is 0 Å². The van der Waals surface area contributed by atoms with Crippen molar-refractivity contribution in [2.75, 3.05) is 4.90 Å². The lowest BCUT2D eigenvalue weighted by atomic mass is 9.70. The van der Waals surface area contributed by atoms with Gasteiger partial charge in [0.25, 0.3) is 0 Å². The molecule has 2 nitrogen and oxygen atoms in total. The molecule has 0 amide bonds. The number of fused-ring (bicyclic) bond motifs is 19. The molecule has 1 heterocycles. The summed E-state index contributed by atoms with van der Waals surface area (Å²) in [7, 11) is 0. The van der Waals surface area contributed by atoms with Crippen LogP contribution < -0.4 is 9.64 Å². The van der Waals surface area contributed by atoms with Crippen LogP contribution in [-0.2, 0) is 10.8 Å². The van der Waals surface area contributed by atoms with Gasteiger partial charge in [0.05, 0.1) is 11.1 Å². The summed E-state index contributed by atoms with van der Waals surface area (Å²) in [4.78, 5) is 2.53. The Kier molecular flexibility index (Phi) is 8.08. The molecule has 0 unspecified atom stereocenters. The lowest BCUT2D eigenvalue weighted by Gasteiger charge is -2.33. The molecule has 0 saturated heterocycles. The Morgan fingerprint density at radius 3 is 1.46 bits per heavy atom. The predicted molar refractivity (Wildman–Crippen MR) is 289 cm³/mol. The molecule has 15 rings (SSSR count). The Bertz CT molecular complexity index is 3960. The molecule has 0 N–H and O–H groups in total. The largest absolute Gasteiger partial charge is 0.456 e. The van der Waals surface area contributed by atoms with Crippen molar-refractivity contribution < 1.29 is 4.74 Å². The molecule has 0 atom stereocenters. The molecule has 70 heavy (non-hydrogen) atoms. The summed E-state index contributed by atoms with van der Waals surface area (Å²) in [6, 6.07) is 88.1. The first-order valence-electron chi connectivity index (χ1n) is 24.5. The van der Waals surface area contributed by atoms with Gasteiger partial charge in [0.1, 0.15) is 11.5 Å². The molecular formula is C68H45NO. The highest BCUT2D eigenvalue weighted by molar-refractivity contribution is 6.07. The Morgan fingerprint density at radius 2 is 0.800 bits per heavy atom. The van der Waals surface area contributed by atoms with Gasteiger partial charge in [0.15, 0.2) is 0 Å². The standard InChI is InChI=1S/C68H45NO/c1-67(2)56-28-12-8-22-48(56)52-36-34-45(40-60(52)67)69(46-35-37-53-51-25-11-15-31-59(51)68(61(53)41-46)57-29-13-9-23-49(57)50-24-10-14-30-58(50)68)62-32-17-33-63-66(62)65-47(42-18-4-3-5-19-42)26-16-27-54(65)55-38-43-20-6-7-21-44(43)39-64(55)70-63/h3-41H,1-2H3. The zero-order valence-electron chi connectivity index (χ0n) is 38.9. The van der Waals surface area contributed by atoms with Crippen LogP contribution in [0.15, 0.2) is 237 Å². The summed E-state index contributed by atoms with van der Waals surface area (Å²) in [5, 5.41) is 2.33. The van der Waals surface area contributed by atoms with E-state index < -0.39 is 5.41 Å². The van der Waals surface area contributed by atoms with Crippen LogP contribution in [0, 0.1) is 0 Å². The normalized spacial score (nSPS) is 14.2. The van der Waals surface area contributed by atoms with Crippen molar-refractivity contribution in [3.63, 3.8) is 0 Å². The molecule has 328 valence electrons. The van der Waals surface area contributed by atoms with Crippen molar-refractivity contribution in [3.8, 4) is 78.3 Å². The molecule has 0 aromatic heterocycles. The quantitative estimate of drug-likeness (QED) is 0.175. The summed E-state index contributed by atoms with van der Waals surface area (Å²) in [6.45, 7) is 4.76. The van der Waals surface area contributed by atoms with Crippen molar-refractivity contribution in [1.29, 1.82) is 0 Å². The van der Waals surface area contributed by atoms with E-state index >= 15 is 0 Å². The monoisotopic (exact) mass is 891 g/mol. The second-order valence-corrected chi connectivity index (χ2v) is 19.9. The topological polar surface area (TPSA) is 12.5 Å². The minimum Gasteiger partial charge on any atom is -0.456 e. The average Bonchev–Trinajstić information content (AvgIpc) is 3.93. The molecule has 0 saturated carbocycles. The van der Waals surface area contributed by atoms with Crippen LogP contribution >= 0.6 is 0 Å². The molecule has 11 aromatic rings. The maximum Gasteiger partial charge on any atom is 0.137 e. The summed E-state index contributed by atoms with van der Waals surface area (Å²) in [6.07, 6.45) is 0. The number of benzene rings is 11. The third-order valence-electron chi connectivity index (χ3n) is 16.1. The zero-order chi connectivity index (χ0) is 46.3. The van der Waals surface area contributed by atoms with Crippen molar-refractivity contribution in [2.24, 2.45) is 0 Å². The van der Waals surface area contributed by atoms with E-state index in [0.717, 1.165) is 67.3 Å². The molecule has 3 aliphatic carbocycles. The Hall–Kier alpha value is -8.72.